The Morgan fingerprint density at radius 3 is 1.09 bits per heavy atom. The molecule has 0 rings (SSSR count). The maximum absolute atomic E-state index is 2.27. The Morgan fingerprint density at radius 2 is 0.818 bits per heavy atom. The van der Waals surface area contributed by atoms with Gasteiger partial charge in [0.2, 0.25) is 0 Å². The summed E-state index contributed by atoms with van der Waals surface area (Å²) in [7, 11) is 0. The summed E-state index contributed by atoms with van der Waals surface area (Å²) in [5.74, 6) is 0. The van der Waals surface area contributed by atoms with Crippen molar-refractivity contribution in [1.82, 2.24) is 0 Å². The van der Waals surface area contributed by atoms with Crippen molar-refractivity contribution in [3.63, 3.8) is 0 Å². The number of hydrogen-bond acceptors (Lipinski definition) is 0. The van der Waals surface area contributed by atoms with Crippen LogP contribution in [0.1, 0.15) is 65.2 Å². The molecule has 0 spiro atoms. The average molecular weight is 179 g/mol. The molecule has 70 valence electrons. The van der Waals surface area contributed by atoms with Crippen molar-refractivity contribution in [2.24, 2.45) is 0 Å². The molecule has 0 aromatic carbocycles. The van der Waals surface area contributed by atoms with Gasteiger partial charge in [0, 0.05) is 0 Å². The highest BCUT2D eigenvalue weighted by Crippen LogP contribution is 2.07. The zero-order valence-electron chi connectivity index (χ0n) is 8.07. The minimum atomic E-state index is 0. The molecule has 0 fully saturated rings. The monoisotopic (exact) mass is 178 g/mol. The molecule has 0 nitrogen and oxygen atoms in total. The van der Waals surface area contributed by atoms with Crippen molar-refractivity contribution >= 4 is 12.4 Å². The van der Waals surface area contributed by atoms with E-state index in [2.05, 4.69) is 13.8 Å². The van der Waals surface area contributed by atoms with Crippen LogP contribution in [0.4, 0.5) is 0 Å². The number of halogens is 1. The predicted octanol–water partition coefficient (Wildman–Crippen LogP) is 4.57. The molecule has 0 amide bonds. The first-order valence-corrected chi connectivity index (χ1v) is 4.91. The van der Waals surface area contributed by atoms with Crippen molar-refractivity contribution in [3.8, 4) is 0 Å². The number of rotatable bonds is 7. The largest absolute Gasteiger partial charge is 0.147 e. The van der Waals surface area contributed by atoms with E-state index in [-0.39, 0.29) is 12.4 Å². The molecule has 0 aromatic heterocycles. The molecule has 0 atom stereocenters. The van der Waals surface area contributed by atoms with Crippen LogP contribution >= 0.6 is 12.4 Å². The first kappa shape index (κ1) is 13.9. The lowest BCUT2D eigenvalue weighted by molar-refractivity contribution is 0.585. The van der Waals surface area contributed by atoms with Gasteiger partial charge in [0.25, 0.3) is 0 Å². The molecule has 0 heterocycles. The lowest BCUT2D eigenvalue weighted by Crippen LogP contribution is -1.77. The van der Waals surface area contributed by atoms with Gasteiger partial charge >= 0.3 is 0 Å². The third kappa shape index (κ3) is 13.3. The van der Waals surface area contributed by atoms with Crippen molar-refractivity contribution in [3.05, 3.63) is 0 Å². The lowest BCUT2D eigenvalue weighted by Gasteiger charge is -1.97. The summed E-state index contributed by atoms with van der Waals surface area (Å²) < 4.78 is 0. The number of hydrogen-bond donors (Lipinski definition) is 0. The normalized spacial score (nSPS) is 9.27. The minimum Gasteiger partial charge on any atom is -0.147 e. The van der Waals surface area contributed by atoms with Gasteiger partial charge in [0.15, 0.2) is 0 Å². The topological polar surface area (TPSA) is 0 Å². The highest BCUT2D eigenvalue weighted by molar-refractivity contribution is 5.85. The number of unbranched alkanes of at least 4 members (excludes halogenated alkanes) is 7. The zero-order chi connectivity index (χ0) is 7.66. The van der Waals surface area contributed by atoms with Gasteiger partial charge in [-0.3, -0.25) is 0 Å². The van der Waals surface area contributed by atoms with E-state index in [9.17, 15) is 0 Å². The molecule has 1 heteroatoms. The van der Waals surface area contributed by atoms with Gasteiger partial charge in [-0.2, -0.15) is 0 Å². The minimum absolute atomic E-state index is 0. The Bertz CT molecular complexity index is 44.8. The summed E-state index contributed by atoms with van der Waals surface area (Å²) in [5.41, 5.74) is 0. The average Bonchev–Trinajstić information content (AvgIpc) is 1.97. The molecular formula is C10H23Cl. The Labute approximate surface area is 78.2 Å². The molecule has 0 aliphatic carbocycles. The van der Waals surface area contributed by atoms with Crippen molar-refractivity contribution in [2.45, 2.75) is 65.2 Å². The summed E-state index contributed by atoms with van der Waals surface area (Å²) in [6.45, 7) is 4.54. The standard InChI is InChI=1S/C10H22.ClH/c1-3-5-7-9-10-8-6-4-2;/h3-10H2,1-2H3;1H. The second-order valence-corrected chi connectivity index (χ2v) is 3.12. The maximum Gasteiger partial charge on any atom is -0.0533 e. The fourth-order valence-electron chi connectivity index (χ4n) is 1.21. The smallest absolute Gasteiger partial charge is 0.0533 e. The molecule has 0 unspecified atom stereocenters. The van der Waals surface area contributed by atoms with Gasteiger partial charge in [-0.1, -0.05) is 65.2 Å². The van der Waals surface area contributed by atoms with Crippen LogP contribution < -0.4 is 0 Å². The molecule has 11 heavy (non-hydrogen) atoms. The van der Waals surface area contributed by atoms with Crippen LogP contribution in [0.3, 0.4) is 0 Å². The van der Waals surface area contributed by atoms with Gasteiger partial charge in [-0.05, 0) is 0 Å². The first-order chi connectivity index (χ1) is 4.91. The molecule has 0 bridgehead atoms. The van der Waals surface area contributed by atoms with E-state index in [4.69, 9.17) is 0 Å². The molecule has 0 saturated carbocycles. The van der Waals surface area contributed by atoms with Crippen LogP contribution in [0.2, 0.25) is 0 Å². The molecule has 0 saturated heterocycles. The third-order valence-corrected chi connectivity index (χ3v) is 1.96. The maximum atomic E-state index is 2.27. The highest BCUT2D eigenvalue weighted by atomic mass is 35.5. The molecular weight excluding hydrogens is 156 g/mol. The van der Waals surface area contributed by atoms with Gasteiger partial charge in [0.05, 0.1) is 0 Å². The Balaban J connectivity index is 0. The van der Waals surface area contributed by atoms with Gasteiger partial charge in [-0.25, -0.2) is 0 Å². The van der Waals surface area contributed by atoms with E-state index in [1.165, 1.54) is 51.4 Å². The summed E-state index contributed by atoms with van der Waals surface area (Å²) >= 11 is 0. The quantitative estimate of drug-likeness (QED) is 0.501. The summed E-state index contributed by atoms with van der Waals surface area (Å²) in [6, 6.07) is 0. The molecule has 0 N–H and O–H groups in total. The van der Waals surface area contributed by atoms with Crippen molar-refractivity contribution in [2.75, 3.05) is 0 Å². The summed E-state index contributed by atoms with van der Waals surface area (Å²) in [4.78, 5) is 0. The Kier molecular flexibility index (Phi) is 16.3. The van der Waals surface area contributed by atoms with E-state index in [1.54, 1.807) is 0 Å². The zero-order valence-corrected chi connectivity index (χ0v) is 8.88. The van der Waals surface area contributed by atoms with Crippen LogP contribution in [-0.4, -0.2) is 0 Å². The molecule has 0 aromatic rings. The SMILES string of the molecule is CCCCCCCCCC.Cl. The second-order valence-electron chi connectivity index (χ2n) is 3.12. The van der Waals surface area contributed by atoms with Gasteiger partial charge < -0.3 is 0 Å². The van der Waals surface area contributed by atoms with Gasteiger partial charge in [-0.15, -0.1) is 12.4 Å². The van der Waals surface area contributed by atoms with Crippen LogP contribution in [0.15, 0.2) is 0 Å². The van der Waals surface area contributed by atoms with Gasteiger partial charge in [0.1, 0.15) is 0 Å². The van der Waals surface area contributed by atoms with E-state index < -0.39 is 0 Å². The predicted molar refractivity (Wildman–Crippen MR) is 55.5 cm³/mol. The Hall–Kier alpha value is 0.290. The highest BCUT2D eigenvalue weighted by Gasteiger charge is 1.87. The van der Waals surface area contributed by atoms with Crippen LogP contribution in [-0.2, 0) is 0 Å². The molecule has 0 radical (unpaired) electrons. The fourth-order valence-corrected chi connectivity index (χ4v) is 1.21. The fraction of sp³-hybridized carbons (Fsp3) is 1.00. The van der Waals surface area contributed by atoms with Crippen molar-refractivity contribution < 1.29 is 0 Å². The Morgan fingerprint density at radius 1 is 0.545 bits per heavy atom. The summed E-state index contributed by atoms with van der Waals surface area (Å²) in [6.07, 6.45) is 11.5. The van der Waals surface area contributed by atoms with Crippen LogP contribution in [0, 0.1) is 0 Å². The van der Waals surface area contributed by atoms with Crippen LogP contribution in [0.5, 0.6) is 0 Å². The third-order valence-electron chi connectivity index (χ3n) is 1.96. The first-order valence-electron chi connectivity index (χ1n) is 4.91. The van der Waals surface area contributed by atoms with E-state index in [0.717, 1.165) is 0 Å². The second kappa shape index (κ2) is 12.9. The molecule has 0 aliphatic heterocycles. The van der Waals surface area contributed by atoms with E-state index in [0.29, 0.717) is 0 Å². The lowest BCUT2D eigenvalue weighted by atomic mass is 10.1. The molecule has 0 aliphatic rings. The van der Waals surface area contributed by atoms with E-state index >= 15 is 0 Å². The van der Waals surface area contributed by atoms with E-state index in [1.807, 2.05) is 0 Å². The summed E-state index contributed by atoms with van der Waals surface area (Å²) in [5, 5.41) is 0. The van der Waals surface area contributed by atoms with Crippen LogP contribution in [0.25, 0.3) is 0 Å². The van der Waals surface area contributed by atoms with Crippen molar-refractivity contribution in [1.29, 1.82) is 0 Å².